The molecule has 5 rings (SSSR count). The quantitative estimate of drug-likeness (QED) is 0.567. The smallest absolute Gasteiger partial charge is 0.234 e. The van der Waals surface area contributed by atoms with Crippen molar-refractivity contribution in [3.05, 3.63) is 22.2 Å². The molecule has 4 amide bonds. The lowest BCUT2D eigenvalue weighted by atomic mass is 9.85. The fraction of sp³-hybridized carbons (Fsp3) is 0.636. The molecule has 3 fully saturated rings. The van der Waals surface area contributed by atoms with Crippen LogP contribution < -0.4 is 0 Å². The van der Waals surface area contributed by atoms with Gasteiger partial charge in [0.15, 0.2) is 0 Å². The molecule has 3 heterocycles. The number of carbonyl (C=O) groups is 4. The summed E-state index contributed by atoms with van der Waals surface area (Å²) in [5, 5.41) is 1.32. The molecule has 0 saturated carbocycles. The van der Waals surface area contributed by atoms with Crippen LogP contribution in [-0.4, -0.2) is 82.7 Å². The number of piperazine rings is 1. The van der Waals surface area contributed by atoms with Gasteiger partial charge >= 0.3 is 0 Å². The van der Waals surface area contributed by atoms with Crippen molar-refractivity contribution in [3.8, 4) is 0 Å². The van der Waals surface area contributed by atoms with E-state index < -0.39 is 0 Å². The highest BCUT2D eigenvalue weighted by atomic mass is 35.5. The third kappa shape index (κ3) is 3.81. The van der Waals surface area contributed by atoms with Crippen molar-refractivity contribution in [1.29, 1.82) is 0 Å². The molecule has 3 aliphatic heterocycles. The van der Waals surface area contributed by atoms with Crippen molar-refractivity contribution >= 4 is 46.8 Å². The van der Waals surface area contributed by atoms with E-state index in [-0.39, 0.29) is 60.6 Å². The number of hydrogen-bond donors (Lipinski definition) is 0. The minimum atomic E-state index is -0.333. The highest BCUT2D eigenvalue weighted by molar-refractivity contribution is 6.30. The molecular weight excluding hydrogens is 455 g/mol. The lowest BCUT2D eigenvalue weighted by Crippen LogP contribution is -2.54. The topological polar surface area (TPSA) is 81.2 Å². The number of amides is 4. The minimum absolute atomic E-state index is 0.106. The number of imide groups is 2. The molecule has 0 spiro atoms. The second-order valence-corrected chi connectivity index (χ2v) is 10.3. The number of allylic oxidation sites excluding steroid dienone is 4. The first-order valence-corrected chi connectivity index (χ1v) is 11.9. The number of likely N-dealkylation sites (tertiary alicyclic amines) is 2. The second-order valence-electron chi connectivity index (χ2n) is 9.34. The highest BCUT2D eigenvalue weighted by Crippen LogP contribution is 2.40. The van der Waals surface area contributed by atoms with Crippen LogP contribution in [0.25, 0.3) is 0 Å². The zero-order valence-electron chi connectivity index (χ0n) is 17.7. The first-order valence-electron chi connectivity index (χ1n) is 11.2. The van der Waals surface area contributed by atoms with Crippen molar-refractivity contribution in [2.75, 3.05) is 39.5 Å². The summed E-state index contributed by atoms with van der Waals surface area (Å²) in [5.74, 6) is -1.71. The summed E-state index contributed by atoms with van der Waals surface area (Å²) in [6.07, 6.45) is 5.63. The summed E-state index contributed by atoms with van der Waals surface area (Å²) >= 11 is 12.2. The predicted molar refractivity (Wildman–Crippen MR) is 117 cm³/mol. The summed E-state index contributed by atoms with van der Waals surface area (Å²) in [4.78, 5) is 57.9. The van der Waals surface area contributed by atoms with Gasteiger partial charge in [0.2, 0.25) is 23.6 Å². The Balaban J connectivity index is 1.14. The van der Waals surface area contributed by atoms with E-state index in [2.05, 4.69) is 9.80 Å². The number of rotatable bonds is 4. The molecule has 0 N–H and O–H groups in total. The van der Waals surface area contributed by atoms with E-state index in [9.17, 15) is 19.2 Å². The Morgan fingerprint density at radius 3 is 1.34 bits per heavy atom. The maximum absolute atomic E-state index is 12.8. The first kappa shape index (κ1) is 22.1. The largest absolute Gasteiger partial charge is 0.283 e. The van der Waals surface area contributed by atoms with E-state index in [0.717, 1.165) is 0 Å². The van der Waals surface area contributed by atoms with E-state index in [1.54, 1.807) is 0 Å². The lowest BCUT2D eigenvalue weighted by molar-refractivity contribution is -0.146. The first-order chi connectivity index (χ1) is 15.3. The van der Waals surface area contributed by atoms with Gasteiger partial charge < -0.3 is 0 Å². The molecule has 8 nitrogen and oxygen atoms in total. The molecule has 0 radical (unpaired) electrons. The van der Waals surface area contributed by atoms with E-state index in [1.807, 2.05) is 12.2 Å². The fourth-order valence-electron chi connectivity index (χ4n) is 5.54. The van der Waals surface area contributed by atoms with Gasteiger partial charge in [-0.3, -0.25) is 38.8 Å². The molecular formula is C22H26Cl2N4O4. The maximum atomic E-state index is 12.8. The second kappa shape index (κ2) is 8.56. The van der Waals surface area contributed by atoms with Crippen molar-refractivity contribution in [2.45, 2.75) is 25.7 Å². The van der Waals surface area contributed by atoms with Crippen LogP contribution in [0.3, 0.4) is 0 Å². The van der Waals surface area contributed by atoms with Gasteiger partial charge in [-0.1, -0.05) is 35.4 Å². The maximum Gasteiger partial charge on any atom is 0.234 e. The monoisotopic (exact) mass is 480 g/mol. The van der Waals surface area contributed by atoms with Crippen LogP contribution in [0, 0.1) is 23.7 Å². The molecule has 2 aliphatic carbocycles. The van der Waals surface area contributed by atoms with Crippen molar-refractivity contribution in [1.82, 2.24) is 19.6 Å². The van der Waals surface area contributed by atoms with Gasteiger partial charge in [-0.05, 0) is 25.7 Å². The van der Waals surface area contributed by atoms with Crippen molar-refractivity contribution in [3.63, 3.8) is 0 Å². The van der Waals surface area contributed by atoms with Crippen LogP contribution in [0.5, 0.6) is 0 Å². The third-order valence-electron chi connectivity index (χ3n) is 7.47. The molecule has 3 saturated heterocycles. The van der Waals surface area contributed by atoms with Crippen LogP contribution in [-0.2, 0) is 19.2 Å². The summed E-state index contributed by atoms with van der Waals surface area (Å²) in [7, 11) is 0. The molecule has 0 unspecified atom stereocenters. The SMILES string of the molecule is O=C1[C@H]2CC=C(Cl)C[C@@H]2C(=O)N1CN1CCN(CN2C(=O)[C@H]3CC(Cl)=CC[C@H]3C2=O)CC1. The Kier molecular flexibility index (Phi) is 5.90. The Hall–Kier alpha value is -1.74. The zero-order chi connectivity index (χ0) is 22.6. The number of hydrogen-bond acceptors (Lipinski definition) is 6. The molecule has 0 aromatic rings. The standard InChI is InChI=1S/C22H26Cl2N4O4/c23-13-1-3-15-17(9-13)21(31)27(19(15)29)11-25-5-7-26(8-6-25)12-28-20(30)16-4-2-14(24)10-18(16)22(28)32/h1-2,15-18H,3-12H2/t15-,16+,17-,18-/m0/s1. The summed E-state index contributed by atoms with van der Waals surface area (Å²) in [6.45, 7) is 3.19. The van der Waals surface area contributed by atoms with E-state index in [1.165, 1.54) is 9.80 Å². The number of fused-ring (bicyclic) bond motifs is 2. The average Bonchev–Trinajstić information content (AvgIpc) is 3.15. The van der Waals surface area contributed by atoms with E-state index in [0.29, 0.717) is 61.9 Å². The van der Waals surface area contributed by atoms with Gasteiger partial charge in [0.05, 0.1) is 37.0 Å². The normalized spacial score (nSPS) is 34.1. The van der Waals surface area contributed by atoms with Crippen molar-refractivity contribution in [2.24, 2.45) is 23.7 Å². The predicted octanol–water partition coefficient (Wildman–Crippen LogP) is 1.55. The Morgan fingerprint density at radius 2 is 0.969 bits per heavy atom. The van der Waals surface area contributed by atoms with Crippen LogP contribution in [0.2, 0.25) is 0 Å². The molecule has 172 valence electrons. The Morgan fingerprint density at radius 1 is 0.625 bits per heavy atom. The summed E-state index contributed by atoms with van der Waals surface area (Å²) < 4.78 is 0. The Labute approximate surface area is 196 Å². The number of nitrogens with zero attached hydrogens (tertiary/aromatic N) is 4. The zero-order valence-corrected chi connectivity index (χ0v) is 19.2. The lowest BCUT2D eigenvalue weighted by Gasteiger charge is -2.37. The summed E-state index contributed by atoms with van der Waals surface area (Å²) in [6, 6.07) is 0. The van der Waals surface area contributed by atoms with Crippen LogP contribution in [0.15, 0.2) is 22.2 Å². The molecule has 0 bridgehead atoms. The van der Waals surface area contributed by atoms with Gasteiger partial charge in [-0.2, -0.15) is 0 Å². The van der Waals surface area contributed by atoms with Gasteiger partial charge in [0.1, 0.15) is 0 Å². The summed E-state index contributed by atoms with van der Waals surface area (Å²) in [5.41, 5.74) is 0. The molecule has 0 aromatic carbocycles. The van der Waals surface area contributed by atoms with Gasteiger partial charge in [-0.25, -0.2) is 0 Å². The average molecular weight is 481 g/mol. The number of carbonyl (C=O) groups excluding carboxylic acids is 4. The Bertz CT molecular complexity index is 853. The van der Waals surface area contributed by atoms with Crippen LogP contribution in [0.4, 0.5) is 0 Å². The van der Waals surface area contributed by atoms with Crippen LogP contribution >= 0.6 is 23.2 Å². The van der Waals surface area contributed by atoms with E-state index >= 15 is 0 Å². The molecule has 0 aromatic heterocycles. The highest BCUT2D eigenvalue weighted by Gasteiger charge is 2.50. The van der Waals surface area contributed by atoms with Crippen molar-refractivity contribution < 1.29 is 19.2 Å². The molecule has 4 atom stereocenters. The van der Waals surface area contributed by atoms with Crippen LogP contribution in [0.1, 0.15) is 25.7 Å². The van der Waals surface area contributed by atoms with Gasteiger partial charge in [-0.15, -0.1) is 0 Å². The van der Waals surface area contributed by atoms with Gasteiger partial charge in [0, 0.05) is 36.2 Å². The fourth-order valence-corrected chi connectivity index (χ4v) is 6.05. The third-order valence-corrected chi connectivity index (χ3v) is 8.09. The molecule has 32 heavy (non-hydrogen) atoms. The minimum Gasteiger partial charge on any atom is -0.283 e. The molecule has 10 heteroatoms. The van der Waals surface area contributed by atoms with E-state index in [4.69, 9.17) is 23.2 Å². The van der Waals surface area contributed by atoms with Gasteiger partial charge in [0.25, 0.3) is 0 Å². The number of halogens is 2. The molecule has 5 aliphatic rings.